The molecule has 2 rings (SSSR count). The highest BCUT2D eigenvalue weighted by molar-refractivity contribution is 9.10. The Morgan fingerprint density at radius 2 is 1.95 bits per heavy atom. The van der Waals surface area contributed by atoms with Gasteiger partial charge in [0.15, 0.2) is 0 Å². The molecule has 0 saturated carbocycles. The SMILES string of the molecule is NNC(Cc1cc(F)cc(Br)c1)c1cc(Cl)ccc1Cl. The van der Waals surface area contributed by atoms with E-state index in [4.69, 9.17) is 29.0 Å². The first-order valence-corrected chi connectivity index (χ1v) is 7.40. The van der Waals surface area contributed by atoms with E-state index in [0.29, 0.717) is 20.9 Å². The zero-order valence-electron chi connectivity index (χ0n) is 10.3. The molecule has 0 spiro atoms. The lowest BCUT2D eigenvalue weighted by Gasteiger charge is -2.18. The quantitative estimate of drug-likeness (QED) is 0.601. The average molecular weight is 378 g/mol. The molecule has 2 nitrogen and oxygen atoms in total. The first-order chi connectivity index (χ1) is 9.49. The van der Waals surface area contributed by atoms with E-state index in [2.05, 4.69) is 21.4 Å². The molecule has 106 valence electrons. The molecule has 2 aromatic carbocycles. The van der Waals surface area contributed by atoms with Crippen LogP contribution in [0.3, 0.4) is 0 Å². The van der Waals surface area contributed by atoms with E-state index in [9.17, 15) is 4.39 Å². The van der Waals surface area contributed by atoms with Gasteiger partial charge in [-0.3, -0.25) is 11.3 Å². The minimum atomic E-state index is -0.303. The number of hydrogen-bond donors (Lipinski definition) is 2. The van der Waals surface area contributed by atoms with Gasteiger partial charge < -0.3 is 0 Å². The predicted molar refractivity (Wildman–Crippen MR) is 84.3 cm³/mol. The fourth-order valence-corrected chi connectivity index (χ4v) is 2.95. The van der Waals surface area contributed by atoms with Crippen molar-refractivity contribution in [1.29, 1.82) is 0 Å². The molecule has 6 heteroatoms. The minimum Gasteiger partial charge on any atom is -0.271 e. The second-order valence-electron chi connectivity index (χ2n) is 4.37. The maximum atomic E-state index is 13.4. The molecule has 1 unspecified atom stereocenters. The molecule has 0 amide bonds. The number of rotatable bonds is 4. The summed E-state index contributed by atoms with van der Waals surface area (Å²) < 4.78 is 14.1. The van der Waals surface area contributed by atoms with E-state index < -0.39 is 0 Å². The van der Waals surface area contributed by atoms with Crippen LogP contribution in [0.25, 0.3) is 0 Å². The number of benzene rings is 2. The molecule has 0 saturated heterocycles. The summed E-state index contributed by atoms with van der Waals surface area (Å²) in [6.07, 6.45) is 0.493. The standard InChI is InChI=1S/C14H12BrCl2FN2/c15-9-3-8(4-11(18)6-9)5-14(20-19)12-7-10(16)1-2-13(12)17/h1-4,6-7,14,20H,5,19H2. The van der Waals surface area contributed by atoms with Gasteiger partial charge in [-0.25, -0.2) is 4.39 Å². The summed E-state index contributed by atoms with van der Waals surface area (Å²) in [5, 5.41) is 1.14. The van der Waals surface area contributed by atoms with Crippen molar-refractivity contribution < 1.29 is 4.39 Å². The third-order valence-electron chi connectivity index (χ3n) is 2.90. The van der Waals surface area contributed by atoms with Crippen LogP contribution in [-0.4, -0.2) is 0 Å². The fourth-order valence-electron chi connectivity index (χ4n) is 2.00. The second kappa shape index (κ2) is 6.87. The molecular weight excluding hydrogens is 366 g/mol. The average Bonchev–Trinajstić information content (AvgIpc) is 2.38. The molecular formula is C14H12BrCl2FN2. The Morgan fingerprint density at radius 3 is 2.60 bits per heavy atom. The van der Waals surface area contributed by atoms with E-state index >= 15 is 0 Å². The predicted octanol–water partition coefficient (Wildman–Crippen LogP) is 4.64. The Labute approximate surface area is 135 Å². The summed E-state index contributed by atoms with van der Waals surface area (Å²) >= 11 is 15.4. The Hall–Kier alpha value is -0.650. The molecule has 0 aliphatic heterocycles. The van der Waals surface area contributed by atoms with Crippen LogP contribution in [0.5, 0.6) is 0 Å². The molecule has 20 heavy (non-hydrogen) atoms. The topological polar surface area (TPSA) is 38.0 Å². The van der Waals surface area contributed by atoms with Crippen molar-refractivity contribution in [2.45, 2.75) is 12.5 Å². The molecule has 0 aliphatic carbocycles. The van der Waals surface area contributed by atoms with E-state index in [1.165, 1.54) is 12.1 Å². The van der Waals surface area contributed by atoms with E-state index in [0.717, 1.165) is 11.1 Å². The van der Waals surface area contributed by atoms with Crippen LogP contribution in [0.1, 0.15) is 17.2 Å². The Kier molecular flexibility index (Phi) is 5.41. The lowest BCUT2D eigenvalue weighted by molar-refractivity contribution is 0.548. The maximum Gasteiger partial charge on any atom is 0.124 e. The zero-order chi connectivity index (χ0) is 14.7. The van der Waals surface area contributed by atoms with Crippen molar-refractivity contribution in [1.82, 2.24) is 5.43 Å². The molecule has 0 radical (unpaired) electrons. The van der Waals surface area contributed by atoms with Crippen molar-refractivity contribution >= 4 is 39.1 Å². The van der Waals surface area contributed by atoms with Gasteiger partial charge in [-0.2, -0.15) is 0 Å². The summed E-state index contributed by atoms with van der Waals surface area (Å²) in [4.78, 5) is 0. The second-order valence-corrected chi connectivity index (χ2v) is 6.13. The van der Waals surface area contributed by atoms with Crippen molar-refractivity contribution in [2.24, 2.45) is 5.84 Å². The maximum absolute atomic E-state index is 13.4. The van der Waals surface area contributed by atoms with Gasteiger partial charge in [0.2, 0.25) is 0 Å². The molecule has 0 aliphatic rings. The first kappa shape index (κ1) is 15.7. The van der Waals surface area contributed by atoms with Gasteiger partial charge >= 0.3 is 0 Å². The smallest absolute Gasteiger partial charge is 0.124 e. The van der Waals surface area contributed by atoms with Crippen LogP contribution >= 0.6 is 39.1 Å². The highest BCUT2D eigenvalue weighted by Gasteiger charge is 2.15. The number of nitrogens with two attached hydrogens (primary N) is 1. The zero-order valence-corrected chi connectivity index (χ0v) is 13.4. The highest BCUT2D eigenvalue weighted by atomic mass is 79.9. The van der Waals surface area contributed by atoms with E-state index in [-0.39, 0.29) is 11.9 Å². The molecule has 2 aromatic rings. The molecule has 1 atom stereocenters. The van der Waals surface area contributed by atoms with Gasteiger partial charge in [0, 0.05) is 14.5 Å². The van der Waals surface area contributed by atoms with E-state index in [1.807, 2.05) is 6.07 Å². The molecule has 0 bridgehead atoms. The molecule has 0 fully saturated rings. The molecule has 3 N–H and O–H groups in total. The van der Waals surface area contributed by atoms with Gasteiger partial charge in [-0.05, 0) is 53.9 Å². The Bertz CT molecular complexity index is 602. The number of hydrogen-bond acceptors (Lipinski definition) is 2. The number of hydrazine groups is 1. The molecule has 0 aromatic heterocycles. The van der Waals surface area contributed by atoms with Crippen molar-refractivity contribution in [2.75, 3.05) is 0 Å². The summed E-state index contributed by atoms with van der Waals surface area (Å²) in [6.45, 7) is 0. The molecule has 0 heterocycles. The van der Waals surface area contributed by atoms with Crippen molar-refractivity contribution in [3.63, 3.8) is 0 Å². The lowest BCUT2D eigenvalue weighted by atomic mass is 9.99. The van der Waals surface area contributed by atoms with E-state index in [1.54, 1.807) is 18.2 Å². The van der Waals surface area contributed by atoms with Crippen LogP contribution in [-0.2, 0) is 6.42 Å². The summed E-state index contributed by atoms with van der Waals surface area (Å²) in [5.74, 6) is 5.29. The van der Waals surface area contributed by atoms with Crippen LogP contribution in [0, 0.1) is 5.82 Å². The summed E-state index contributed by atoms with van der Waals surface area (Å²) in [5.41, 5.74) is 4.27. The third-order valence-corrected chi connectivity index (χ3v) is 3.93. The lowest BCUT2D eigenvalue weighted by Crippen LogP contribution is -2.29. The van der Waals surface area contributed by atoms with Gasteiger partial charge in [0.25, 0.3) is 0 Å². The largest absolute Gasteiger partial charge is 0.271 e. The van der Waals surface area contributed by atoms with Gasteiger partial charge in [-0.15, -0.1) is 0 Å². The summed E-state index contributed by atoms with van der Waals surface area (Å²) in [7, 11) is 0. The van der Waals surface area contributed by atoms with Crippen LogP contribution in [0.15, 0.2) is 40.9 Å². The minimum absolute atomic E-state index is 0.255. The third kappa shape index (κ3) is 3.93. The van der Waals surface area contributed by atoms with Crippen molar-refractivity contribution in [3.05, 3.63) is 67.9 Å². The monoisotopic (exact) mass is 376 g/mol. The number of halogens is 4. The van der Waals surface area contributed by atoms with Gasteiger partial charge in [0.05, 0.1) is 6.04 Å². The Morgan fingerprint density at radius 1 is 1.20 bits per heavy atom. The fraction of sp³-hybridized carbons (Fsp3) is 0.143. The normalized spacial score (nSPS) is 12.4. The summed E-state index contributed by atoms with van der Waals surface area (Å²) in [6, 6.07) is 9.63. The van der Waals surface area contributed by atoms with Crippen LogP contribution in [0.4, 0.5) is 4.39 Å². The van der Waals surface area contributed by atoms with Crippen LogP contribution in [0.2, 0.25) is 10.0 Å². The highest BCUT2D eigenvalue weighted by Crippen LogP contribution is 2.29. The Balaban J connectivity index is 2.31. The first-order valence-electron chi connectivity index (χ1n) is 5.85. The van der Waals surface area contributed by atoms with Crippen LogP contribution < -0.4 is 11.3 Å². The van der Waals surface area contributed by atoms with Gasteiger partial charge in [0.1, 0.15) is 5.82 Å². The van der Waals surface area contributed by atoms with Crippen molar-refractivity contribution in [3.8, 4) is 0 Å². The number of nitrogens with one attached hydrogen (secondary N) is 1. The van der Waals surface area contributed by atoms with Gasteiger partial charge in [-0.1, -0.05) is 39.1 Å².